The molecule has 0 amide bonds. The lowest BCUT2D eigenvalue weighted by Gasteiger charge is -2.22. The predicted octanol–water partition coefficient (Wildman–Crippen LogP) is 1.51. The molecule has 0 radical (unpaired) electrons. The van der Waals surface area contributed by atoms with E-state index < -0.39 is 0 Å². The first-order valence-corrected chi connectivity index (χ1v) is 6.16. The van der Waals surface area contributed by atoms with Gasteiger partial charge in [0.1, 0.15) is 0 Å². The Morgan fingerprint density at radius 1 is 1.56 bits per heavy atom. The molecule has 4 heteroatoms. The zero-order valence-electron chi connectivity index (χ0n) is 9.93. The normalized spacial score (nSPS) is 19.9. The van der Waals surface area contributed by atoms with Crippen LogP contribution in [0, 0.1) is 0 Å². The largest absolute Gasteiger partial charge is 0.381 e. The average Bonchev–Trinajstić information content (AvgIpc) is 2.78. The molecule has 0 saturated carbocycles. The third kappa shape index (κ3) is 2.83. The second-order valence-electron chi connectivity index (χ2n) is 4.54. The summed E-state index contributed by atoms with van der Waals surface area (Å²) in [4.78, 5) is 0. The Balaban J connectivity index is 1.95. The van der Waals surface area contributed by atoms with Gasteiger partial charge in [-0.25, -0.2) is 0 Å². The SMILES string of the molecule is CCC(N)Cc1cnn(C2CCOCC2)c1. The van der Waals surface area contributed by atoms with Crippen LogP contribution >= 0.6 is 0 Å². The molecule has 1 unspecified atom stereocenters. The van der Waals surface area contributed by atoms with E-state index >= 15 is 0 Å². The van der Waals surface area contributed by atoms with Crippen molar-refractivity contribution >= 4 is 0 Å². The number of ether oxygens (including phenoxy) is 1. The zero-order valence-corrected chi connectivity index (χ0v) is 9.93. The van der Waals surface area contributed by atoms with Crippen molar-refractivity contribution in [1.29, 1.82) is 0 Å². The Morgan fingerprint density at radius 2 is 2.31 bits per heavy atom. The molecule has 2 heterocycles. The summed E-state index contributed by atoms with van der Waals surface area (Å²) in [5.41, 5.74) is 7.19. The summed E-state index contributed by atoms with van der Waals surface area (Å²) in [5.74, 6) is 0. The van der Waals surface area contributed by atoms with E-state index in [9.17, 15) is 0 Å². The van der Waals surface area contributed by atoms with Gasteiger partial charge in [-0.3, -0.25) is 4.68 Å². The smallest absolute Gasteiger partial charge is 0.0563 e. The Hall–Kier alpha value is -0.870. The van der Waals surface area contributed by atoms with Gasteiger partial charge in [-0.05, 0) is 31.2 Å². The van der Waals surface area contributed by atoms with Crippen LogP contribution in [0.1, 0.15) is 37.8 Å². The summed E-state index contributed by atoms with van der Waals surface area (Å²) in [5, 5.41) is 4.43. The van der Waals surface area contributed by atoms with E-state index in [1.54, 1.807) is 0 Å². The van der Waals surface area contributed by atoms with Crippen molar-refractivity contribution < 1.29 is 4.74 Å². The zero-order chi connectivity index (χ0) is 11.4. The lowest BCUT2D eigenvalue weighted by Crippen LogP contribution is -2.21. The Morgan fingerprint density at radius 3 is 3.00 bits per heavy atom. The number of hydrogen-bond acceptors (Lipinski definition) is 3. The molecule has 1 aliphatic rings. The monoisotopic (exact) mass is 223 g/mol. The van der Waals surface area contributed by atoms with Gasteiger partial charge < -0.3 is 10.5 Å². The Kier molecular flexibility index (Phi) is 3.96. The highest BCUT2D eigenvalue weighted by Gasteiger charge is 2.16. The van der Waals surface area contributed by atoms with Gasteiger partial charge in [0.15, 0.2) is 0 Å². The van der Waals surface area contributed by atoms with E-state index in [2.05, 4.69) is 22.9 Å². The summed E-state index contributed by atoms with van der Waals surface area (Å²) < 4.78 is 7.43. The maximum absolute atomic E-state index is 5.94. The minimum Gasteiger partial charge on any atom is -0.381 e. The van der Waals surface area contributed by atoms with Gasteiger partial charge in [0.05, 0.1) is 12.2 Å². The van der Waals surface area contributed by atoms with Crippen LogP contribution in [-0.4, -0.2) is 29.0 Å². The fourth-order valence-electron chi connectivity index (χ4n) is 2.08. The van der Waals surface area contributed by atoms with Crippen molar-refractivity contribution in [2.24, 2.45) is 5.73 Å². The topological polar surface area (TPSA) is 53.1 Å². The molecule has 1 aromatic heterocycles. The Labute approximate surface area is 96.8 Å². The molecule has 1 atom stereocenters. The van der Waals surface area contributed by atoms with E-state index in [4.69, 9.17) is 10.5 Å². The second-order valence-corrected chi connectivity index (χ2v) is 4.54. The minimum atomic E-state index is 0.257. The van der Waals surface area contributed by atoms with Gasteiger partial charge in [-0.2, -0.15) is 5.10 Å². The Bertz CT molecular complexity index is 318. The van der Waals surface area contributed by atoms with Crippen LogP contribution in [-0.2, 0) is 11.2 Å². The molecule has 4 nitrogen and oxygen atoms in total. The van der Waals surface area contributed by atoms with E-state index in [-0.39, 0.29) is 6.04 Å². The molecule has 2 N–H and O–H groups in total. The third-order valence-corrected chi connectivity index (χ3v) is 3.24. The molecule has 16 heavy (non-hydrogen) atoms. The average molecular weight is 223 g/mol. The molecule has 90 valence electrons. The fraction of sp³-hybridized carbons (Fsp3) is 0.750. The lowest BCUT2D eigenvalue weighted by atomic mass is 10.1. The van der Waals surface area contributed by atoms with Gasteiger partial charge in [0, 0.05) is 25.5 Å². The van der Waals surface area contributed by atoms with Crippen molar-refractivity contribution in [3.8, 4) is 0 Å². The molecule has 1 aliphatic heterocycles. The van der Waals surface area contributed by atoms with Gasteiger partial charge >= 0.3 is 0 Å². The second kappa shape index (κ2) is 5.46. The molecular weight excluding hydrogens is 202 g/mol. The summed E-state index contributed by atoms with van der Waals surface area (Å²) in [7, 11) is 0. The van der Waals surface area contributed by atoms with Gasteiger partial charge in [-0.15, -0.1) is 0 Å². The first-order chi connectivity index (χ1) is 7.79. The van der Waals surface area contributed by atoms with Crippen molar-refractivity contribution in [3.63, 3.8) is 0 Å². The van der Waals surface area contributed by atoms with Gasteiger partial charge in [0.2, 0.25) is 0 Å². The maximum atomic E-state index is 5.94. The third-order valence-electron chi connectivity index (χ3n) is 3.24. The fourth-order valence-corrected chi connectivity index (χ4v) is 2.08. The van der Waals surface area contributed by atoms with E-state index in [1.165, 1.54) is 5.56 Å². The quantitative estimate of drug-likeness (QED) is 0.842. The predicted molar refractivity (Wildman–Crippen MR) is 63.3 cm³/mol. The van der Waals surface area contributed by atoms with Crippen LogP contribution in [0.2, 0.25) is 0 Å². The number of rotatable bonds is 4. The molecule has 1 fully saturated rings. The first kappa shape index (κ1) is 11.6. The van der Waals surface area contributed by atoms with Crippen molar-refractivity contribution in [1.82, 2.24) is 9.78 Å². The highest BCUT2D eigenvalue weighted by atomic mass is 16.5. The standard InChI is InChI=1S/C12H21N3O/c1-2-11(13)7-10-8-14-15(9-10)12-3-5-16-6-4-12/h8-9,11-12H,2-7,13H2,1H3. The maximum Gasteiger partial charge on any atom is 0.0563 e. The highest BCUT2D eigenvalue weighted by molar-refractivity contribution is 5.06. The minimum absolute atomic E-state index is 0.257. The van der Waals surface area contributed by atoms with Crippen LogP contribution in [0.5, 0.6) is 0 Å². The molecule has 0 bridgehead atoms. The number of nitrogens with zero attached hydrogens (tertiary/aromatic N) is 2. The summed E-state index contributed by atoms with van der Waals surface area (Å²) in [6.07, 6.45) is 8.18. The van der Waals surface area contributed by atoms with E-state index in [1.807, 2.05) is 6.20 Å². The van der Waals surface area contributed by atoms with Crippen molar-refractivity contribution in [2.75, 3.05) is 13.2 Å². The first-order valence-electron chi connectivity index (χ1n) is 6.16. The number of hydrogen-bond donors (Lipinski definition) is 1. The van der Waals surface area contributed by atoms with Gasteiger partial charge in [0.25, 0.3) is 0 Å². The summed E-state index contributed by atoms with van der Waals surface area (Å²) in [6.45, 7) is 3.83. The molecule has 1 aromatic rings. The van der Waals surface area contributed by atoms with Crippen LogP contribution in [0.15, 0.2) is 12.4 Å². The molecule has 0 aromatic carbocycles. The summed E-state index contributed by atoms with van der Waals surface area (Å²) in [6, 6.07) is 0.771. The molecular formula is C12H21N3O. The number of aromatic nitrogens is 2. The number of nitrogens with two attached hydrogens (primary N) is 1. The van der Waals surface area contributed by atoms with Crippen LogP contribution in [0.4, 0.5) is 0 Å². The van der Waals surface area contributed by atoms with Crippen LogP contribution in [0.3, 0.4) is 0 Å². The van der Waals surface area contributed by atoms with Crippen molar-refractivity contribution in [3.05, 3.63) is 18.0 Å². The van der Waals surface area contributed by atoms with E-state index in [0.717, 1.165) is 38.9 Å². The van der Waals surface area contributed by atoms with Crippen LogP contribution in [0.25, 0.3) is 0 Å². The summed E-state index contributed by atoms with van der Waals surface area (Å²) >= 11 is 0. The molecule has 0 spiro atoms. The molecule has 0 aliphatic carbocycles. The van der Waals surface area contributed by atoms with Crippen molar-refractivity contribution in [2.45, 2.75) is 44.7 Å². The van der Waals surface area contributed by atoms with Crippen LogP contribution < -0.4 is 5.73 Å². The highest BCUT2D eigenvalue weighted by Crippen LogP contribution is 2.20. The van der Waals surface area contributed by atoms with Gasteiger partial charge in [-0.1, -0.05) is 6.92 Å². The molecule has 2 rings (SSSR count). The molecule has 1 saturated heterocycles. The lowest BCUT2D eigenvalue weighted by molar-refractivity contribution is 0.0662. The van der Waals surface area contributed by atoms with E-state index in [0.29, 0.717) is 6.04 Å².